The Morgan fingerprint density at radius 2 is 1.97 bits per heavy atom. The zero-order valence-corrected chi connectivity index (χ0v) is 19.3. The van der Waals surface area contributed by atoms with Gasteiger partial charge in [0.2, 0.25) is 5.78 Å². The Bertz CT molecular complexity index is 915. The predicted octanol–water partition coefficient (Wildman–Crippen LogP) is 3.51. The van der Waals surface area contributed by atoms with Crippen LogP contribution in [0.3, 0.4) is 0 Å². The molecule has 4 rings (SSSR count). The van der Waals surface area contributed by atoms with Gasteiger partial charge in [-0.15, -0.1) is 0 Å². The highest BCUT2D eigenvalue weighted by atomic mass is 16.6. The summed E-state index contributed by atoms with van der Waals surface area (Å²) >= 11 is 0. The zero-order chi connectivity index (χ0) is 23.3. The van der Waals surface area contributed by atoms with Crippen LogP contribution >= 0.6 is 0 Å². The first kappa shape index (κ1) is 23.1. The average molecular weight is 443 g/mol. The summed E-state index contributed by atoms with van der Waals surface area (Å²) in [5.74, 6) is -1.07. The smallest absolute Gasteiger partial charge is 0.306 e. The predicted molar refractivity (Wildman–Crippen MR) is 117 cm³/mol. The van der Waals surface area contributed by atoms with E-state index in [1.165, 1.54) is 0 Å². The van der Waals surface area contributed by atoms with Gasteiger partial charge in [0, 0.05) is 29.6 Å². The van der Waals surface area contributed by atoms with Crippen molar-refractivity contribution < 1.29 is 29.0 Å². The molecule has 6 nitrogen and oxygen atoms in total. The van der Waals surface area contributed by atoms with E-state index in [9.17, 15) is 24.3 Å². The van der Waals surface area contributed by atoms with Crippen molar-refractivity contribution in [3.8, 4) is 0 Å². The molecule has 3 saturated carbocycles. The average Bonchev–Trinajstić information content (AvgIpc) is 3.04. The third-order valence-electron chi connectivity index (χ3n) is 8.99. The molecule has 32 heavy (non-hydrogen) atoms. The highest BCUT2D eigenvalue weighted by molar-refractivity contribution is 6.02. The molecular formula is C26H34O6. The van der Waals surface area contributed by atoms with E-state index in [-0.39, 0.29) is 42.2 Å². The summed E-state index contributed by atoms with van der Waals surface area (Å²) in [6.07, 6.45) is 9.54. The molecule has 0 amide bonds. The van der Waals surface area contributed by atoms with Gasteiger partial charge in [-0.25, -0.2) is 0 Å². The minimum absolute atomic E-state index is 0.0311. The van der Waals surface area contributed by atoms with Gasteiger partial charge in [0.15, 0.2) is 11.4 Å². The number of carbonyl (C=O) groups excluding carboxylic acids is 4. The maximum Gasteiger partial charge on any atom is 0.306 e. The SMILES string of the molecule is CCCCC(=O)O[C@]1(C(=O)CO)CCC2C3CCC4=CC(=O)C=C[C@]4(C)C3C(=O)C[C@@]21C. The molecule has 6 atom stereocenters. The van der Waals surface area contributed by atoms with Crippen molar-refractivity contribution >= 4 is 23.3 Å². The second-order valence-corrected chi connectivity index (χ2v) is 10.6. The summed E-state index contributed by atoms with van der Waals surface area (Å²) in [5, 5.41) is 9.80. The van der Waals surface area contributed by atoms with Crippen molar-refractivity contribution in [2.45, 2.75) is 77.7 Å². The van der Waals surface area contributed by atoms with Gasteiger partial charge >= 0.3 is 5.97 Å². The maximum atomic E-state index is 13.7. The molecule has 0 radical (unpaired) electrons. The third-order valence-corrected chi connectivity index (χ3v) is 8.99. The van der Waals surface area contributed by atoms with Gasteiger partial charge < -0.3 is 9.84 Å². The van der Waals surface area contributed by atoms with Gasteiger partial charge in [0.1, 0.15) is 12.4 Å². The largest absolute Gasteiger partial charge is 0.450 e. The molecule has 3 unspecified atom stereocenters. The van der Waals surface area contributed by atoms with Gasteiger partial charge in [-0.2, -0.15) is 0 Å². The fourth-order valence-electron chi connectivity index (χ4n) is 7.39. The van der Waals surface area contributed by atoms with E-state index in [2.05, 4.69) is 0 Å². The summed E-state index contributed by atoms with van der Waals surface area (Å²) in [6, 6.07) is 0. The van der Waals surface area contributed by atoms with Crippen LogP contribution in [0.5, 0.6) is 0 Å². The van der Waals surface area contributed by atoms with Crippen molar-refractivity contribution in [3.63, 3.8) is 0 Å². The van der Waals surface area contributed by atoms with Crippen LogP contribution in [-0.4, -0.2) is 40.6 Å². The van der Waals surface area contributed by atoms with Crippen LogP contribution < -0.4 is 0 Å². The Morgan fingerprint density at radius 3 is 2.66 bits per heavy atom. The number of aliphatic hydroxyl groups is 1. The van der Waals surface area contributed by atoms with E-state index in [1.54, 1.807) is 12.2 Å². The lowest BCUT2D eigenvalue weighted by atomic mass is 9.46. The molecular weight excluding hydrogens is 408 g/mol. The van der Waals surface area contributed by atoms with Gasteiger partial charge in [0.25, 0.3) is 0 Å². The van der Waals surface area contributed by atoms with Crippen molar-refractivity contribution in [1.29, 1.82) is 0 Å². The fraction of sp³-hybridized carbons (Fsp3) is 0.692. The van der Waals surface area contributed by atoms with Gasteiger partial charge in [0.05, 0.1) is 0 Å². The first-order chi connectivity index (χ1) is 15.1. The molecule has 174 valence electrons. The molecule has 0 bridgehead atoms. The molecule has 4 aliphatic rings. The van der Waals surface area contributed by atoms with Crippen molar-refractivity contribution in [3.05, 3.63) is 23.8 Å². The highest BCUT2D eigenvalue weighted by Crippen LogP contribution is 2.66. The summed E-state index contributed by atoms with van der Waals surface area (Å²) in [6.45, 7) is 5.23. The van der Waals surface area contributed by atoms with Gasteiger partial charge in [-0.1, -0.05) is 38.8 Å². The first-order valence-corrected chi connectivity index (χ1v) is 12.0. The number of rotatable bonds is 6. The van der Waals surface area contributed by atoms with E-state index in [0.29, 0.717) is 19.3 Å². The quantitative estimate of drug-likeness (QED) is 0.632. The molecule has 0 aromatic rings. The standard InChI is InChI=1S/C26H34O6/c1-4-5-6-22(31)32-26(21(30)15-27)12-10-19-18-8-7-16-13-17(28)9-11-24(16,2)23(18)20(29)14-25(19,26)3/h9,11,13,18-19,23,27H,4-8,10,12,14-15H2,1-3H3/t18?,19?,23?,24-,25-,26-/m0/s1. The minimum atomic E-state index is -1.45. The molecule has 4 aliphatic carbocycles. The van der Waals surface area contributed by atoms with Crippen LogP contribution in [0.4, 0.5) is 0 Å². The number of unbranched alkanes of at least 4 members (excludes halogenated alkanes) is 1. The first-order valence-electron chi connectivity index (χ1n) is 12.0. The van der Waals surface area contributed by atoms with Crippen LogP contribution in [-0.2, 0) is 23.9 Å². The lowest BCUT2D eigenvalue weighted by molar-refractivity contribution is -0.191. The Kier molecular flexibility index (Phi) is 5.81. The fourth-order valence-corrected chi connectivity index (χ4v) is 7.39. The van der Waals surface area contributed by atoms with E-state index < -0.39 is 34.8 Å². The second kappa shape index (κ2) is 8.05. The molecule has 6 heteroatoms. The summed E-state index contributed by atoms with van der Waals surface area (Å²) in [7, 11) is 0. The topological polar surface area (TPSA) is 97.7 Å². The van der Waals surface area contributed by atoms with Gasteiger partial charge in [-0.05, 0) is 56.1 Å². The third kappa shape index (κ3) is 3.17. The number of aliphatic hydroxyl groups excluding tert-OH is 1. The molecule has 0 aliphatic heterocycles. The number of fused-ring (bicyclic) bond motifs is 5. The second-order valence-electron chi connectivity index (χ2n) is 10.6. The van der Waals surface area contributed by atoms with Crippen molar-refractivity contribution in [2.24, 2.45) is 28.6 Å². The summed E-state index contributed by atoms with van der Waals surface area (Å²) in [4.78, 5) is 51.4. The van der Waals surface area contributed by atoms with Crippen molar-refractivity contribution in [1.82, 2.24) is 0 Å². The normalized spacial score (nSPS) is 40.2. The number of esters is 1. The molecule has 0 saturated heterocycles. The zero-order valence-electron chi connectivity index (χ0n) is 19.3. The number of hydrogen-bond donors (Lipinski definition) is 1. The molecule has 0 aromatic carbocycles. The van der Waals surface area contributed by atoms with E-state index >= 15 is 0 Å². The Morgan fingerprint density at radius 1 is 1.22 bits per heavy atom. The lowest BCUT2D eigenvalue weighted by Gasteiger charge is -2.57. The summed E-state index contributed by atoms with van der Waals surface area (Å²) < 4.78 is 5.93. The Labute approximate surface area is 189 Å². The number of hydrogen-bond acceptors (Lipinski definition) is 6. The van der Waals surface area contributed by atoms with E-state index in [4.69, 9.17) is 4.74 Å². The highest BCUT2D eigenvalue weighted by Gasteiger charge is 2.70. The molecule has 1 N–H and O–H groups in total. The Hall–Kier alpha value is -2.08. The number of allylic oxidation sites excluding steroid dienone is 4. The molecule has 0 spiro atoms. The van der Waals surface area contributed by atoms with Gasteiger partial charge in [-0.3, -0.25) is 19.2 Å². The summed E-state index contributed by atoms with van der Waals surface area (Å²) in [5.41, 5.74) is -1.75. The van der Waals surface area contributed by atoms with Crippen molar-refractivity contribution in [2.75, 3.05) is 6.61 Å². The van der Waals surface area contributed by atoms with Crippen LogP contribution in [0.2, 0.25) is 0 Å². The molecule has 0 aromatic heterocycles. The number of carbonyl (C=O) groups is 4. The minimum Gasteiger partial charge on any atom is -0.450 e. The molecule has 3 fully saturated rings. The lowest BCUT2D eigenvalue weighted by Crippen LogP contribution is -2.62. The van der Waals surface area contributed by atoms with Crippen LogP contribution in [0, 0.1) is 28.6 Å². The number of ether oxygens (including phenoxy) is 1. The number of Topliss-reactive ketones (excluding diaryl/α,β-unsaturated/α-hetero) is 2. The van der Waals surface area contributed by atoms with Crippen LogP contribution in [0.15, 0.2) is 23.8 Å². The van der Waals surface area contributed by atoms with Crippen LogP contribution in [0.1, 0.15) is 72.1 Å². The van der Waals surface area contributed by atoms with Crippen LogP contribution in [0.25, 0.3) is 0 Å². The van der Waals surface area contributed by atoms with E-state index in [1.807, 2.05) is 26.8 Å². The molecule has 0 heterocycles. The van der Waals surface area contributed by atoms with E-state index in [0.717, 1.165) is 24.8 Å². The maximum absolute atomic E-state index is 13.7. The Balaban J connectivity index is 1.71. The number of ketones is 3. The monoisotopic (exact) mass is 442 g/mol.